The van der Waals surface area contributed by atoms with Gasteiger partial charge in [0, 0.05) is 19.4 Å². The Morgan fingerprint density at radius 2 is 2.50 bits per heavy atom. The molecule has 14 heavy (non-hydrogen) atoms. The monoisotopic (exact) mass is 199 g/mol. The van der Waals surface area contributed by atoms with Crippen LogP contribution < -0.4 is 0 Å². The summed E-state index contributed by atoms with van der Waals surface area (Å²) < 4.78 is 10.9. The number of aliphatic hydroxyl groups is 1. The maximum absolute atomic E-state index is 9.07. The molecule has 0 saturated carbocycles. The van der Waals surface area contributed by atoms with Gasteiger partial charge in [-0.25, -0.2) is 0 Å². The highest BCUT2D eigenvalue weighted by molar-refractivity contribution is 5.04. The van der Waals surface area contributed by atoms with Crippen LogP contribution in [0.15, 0.2) is 0 Å². The molecule has 1 fully saturated rings. The Hall–Kier alpha value is -0.630. The molecule has 1 N–H and O–H groups in total. The molecule has 2 atom stereocenters. The molecule has 4 nitrogen and oxygen atoms in total. The van der Waals surface area contributed by atoms with E-state index in [1.165, 1.54) is 0 Å². The van der Waals surface area contributed by atoms with Gasteiger partial charge < -0.3 is 14.6 Å². The van der Waals surface area contributed by atoms with Crippen LogP contribution in [0.1, 0.15) is 26.2 Å². The quantitative estimate of drug-likeness (QED) is 0.682. The molecule has 0 spiro atoms. The summed E-state index contributed by atoms with van der Waals surface area (Å²) in [6.07, 6.45) is 1.91. The van der Waals surface area contributed by atoms with Crippen LogP contribution in [-0.2, 0) is 9.47 Å². The van der Waals surface area contributed by atoms with Crippen molar-refractivity contribution in [3.05, 3.63) is 0 Å². The van der Waals surface area contributed by atoms with Crippen LogP contribution in [0.2, 0.25) is 0 Å². The average molecular weight is 199 g/mol. The highest BCUT2D eigenvalue weighted by Gasteiger charge is 2.36. The van der Waals surface area contributed by atoms with E-state index in [1.54, 1.807) is 0 Å². The van der Waals surface area contributed by atoms with E-state index in [1.807, 2.05) is 6.92 Å². The van der Waals surface area contributed by atoms with Crippen molar-refractivity contribution in [3.63, 3.8) is 0 Å². The molecule has 0 aromatic carbocycles. The zero-order valence-electron chi connectivity index (χ0n) is 8.53. The minimum Gasteiger partial charge on any atom is -0.396 e. The van der Waals surface area contributed by atoms with E-state index in [0.717, 1.165) is 0 Å². The third-order valence-electron chi connectivity index (χ3n) is 2.41. The van der Waals surface area contributed by atoms with Crippen molar-refractivity contribution in [1.82, 2.24) is 0 Å². The predicted octanol–water partition coefficient (Wildman–Crippen LogP) is 0.847. The molecule has 80 valence electrons. The summed E-state index contributed by atoms with van der Waals surface area (Å²) in [6.45, 7) is 3.07. The van der Waals surface area contributed by atoms with E-state index in [4.69, 9.17) is 19.8 Å². The molecule has 4 heteroatoms. The summed E-state index contributed by atoms with van der Waals surface area (Å²) >= 11 is 0. The molecule has 1 heterocycles. The zero-order chi connectivity index (χ0) is 10.4. The molecule has 0 bridgehead atoms. The topological polar surface area (TPSA) is 62.5 Å². The number of aliphatic hydroxyl groups excluding tert-OH is 1. The van der Waals surface area contributed by atoms with Crippen molar-refractivity contribution >= 4 is 0 Å². The van der Waals surface area contributed by atoms with Crippen molar-refractivity contribution in [1.29, 1.82) is 5.26 Å². The van der Waals surface area contributed by atoms with Crippen molar-refractivity contribution in [2.45, 2.75) is 37.9 Å². The summed E-state index contributed by atoms with van der Waals surface area (Å²) in [4.78, 5) is 0. The molecule has 0 aromatic rings. The molecule has 0 amide bonds. The Kier molecular flexibility index (Phi) is 4.33. The summed E-state index contributed by atoms with van der Waals surface area (Å²) in [7, 11) is 0. The van der Waals surface area contributed by atoms with Gasteiger partial charge in [0.15, 0.2) is 5.60 Å². The van der Waals surface area contributed by atoms with E-state index in [0.29, 0.717) is 32.5 Å². The number of hydrogen-bond donors (Lipinski definition) is 1. The van der Waals surface area contributed by atoms with Gasteiger partial charge in [-0.2, -0.15) is 5.26 Å². The molecule has 2 unspecified atom stereocenters. The Balaban J connectivity index is 2.44. The van der Waals surface area contributed by atoms with Crippen molar-refractivity contribution in [2.24, 2.45) is 0 Å². The lowest BCUT2D eigenvalue weighted by Crippen LogP contribution is -2.41. The lowest BCUT2D eigenvalue weighted by Gasteiger charge is -2.34. The molecular weight excluding hydrogens is 182 g/mol. The van der Waals surface area contributed by atoms with E-state index in [-0.39, 0.29) is 12.7 Å². The van der Waals surface area contributed by atoms with Gasteiger partial charge in [-0.15, -0.1) is 0 Å². The van der Waals surface area contributed by atoms with Crippen molar-refractivity contribution in [3.8, 4) is 6.07 Å². The smallest absolute Gasteiger partial charge is 0.158 e. The van der Waals surface area contributed by atoms with Crippen LogP contribution in [0, 0.1) is 11.3 Å². The Labute approximate surface area is 84.4 Å². The lowest BCUT2D eigenvalue weighted by molar-refractivity contribution is -0.105. The first-order chi connectivity index (χ1) is 6.72. The second-order valence-corrected chi connectivity index (χ2v) is 3.67. The van der Waals surface area contributed by atoms with E-state index >= 15 is 0 Å². The maximum Gasteiger partial charge on any atom is 0.158 e. The highest BCUT2D eigenvalue weighted by Crippen LogP contribution is 2.27. The third kappa shape index (κ3) is 2.95. The Morgan fingerprint density at radius 3 is 3.07 bits per heavy atom. The summed E-state index contributed by atoms with van der Waals surface area (Å²) in [5.41, 5.74) is -0.688. The average Bonchev–Trinajstić information content (AvgIpc) is 2.18. The van der Waals surface area contributed by atoms with Crippen molar-refractivity contribution < 1.29 is 14.6 Å². The fourth-order valence-corrected chi connectivity index (χ4v) is 1.65. The predicted molar refractivity (Wildman–Crippen MR) is 50.6 cm³/mol. The fraction of sp³-hybridized carbons (Fsp3) is 0.900. The van der Waals surface area contributed by atoms with Gasteiger partial charge in [0.05, 0.1) is 25.4 Å². The molecule has 0 aromatic heterocycles. The Bertz CT molecular complexity index is 214. The molecular formula is C10H17NO3. The Morgan fingerprint density at radius 1 is 1.71 bits per heavy atom. The van der Waals surface area contributed by atoms with E-state index in [2.05, 4.69) is 6.07 Å². The van der Waals surface area contributed by atoms with Crippen LogP contribution >= 0.6 is 0 Å². The molecule has 0 radical (unpaired) electrons. The number of nitriles is 1. The lowest BCUT2D eigenvalue weighted by atomic mass is 9.92. The first-order valence-corrected chi connectivity index (χ1v) is 5.00. The molecule has 1 rings (SSSR count). The first kappa shape index (κ1) is 11.4. The number of ether oxygens (including phenoxy) is 2. The van der Waals surface area contributed by atoms with Gasteiger partial charge in [0.1, 0.15) is 0 Å². The van der Waals surface area contributed by atoms with Gasteiger partial charge >= 0.3 is 0 Å². The summed E-state index contributed by atoms with van der Waals surface area (Å²) in [6, 6.07) is 2.22. The summed E-state index contributed by atoms with van der Waals surface area (Å²) in [5, 5.41) is 17.7. The van der Waals surface area contributed by atoms with Gasteiger partial charge in [-0.05, 0) is 13.3 Å². The first-order valence-electron chi connectivity index (χ1n) is 5.00. The van der Waals surface area contributed by atoms with Gasteiger partial charge in [0.25, 0.3) is 0 Å². The number of rotatable bonds is 4. The zero-order valence-corrected chi connectivity index (χ0v) is 8.53. The van der Waals surface area contributed by atoms with Crippen LogP contribution in [0.25, 0.3) is 0 Å². The number of nitrogens with zero attached hydrogens (tertiary/aromatic N) is 1. The van der Waals surface area contributed by atoms with Crippen LogP contribution in [0.3, 0.4) is 0 Å². The van der Waals surface area contributed by atoms with Gasteiger partial charge in [-0.1, -0.05) is 0 Å². The van der Waals surface area contributed by atoms with Crippen LogP contribution in [0.5, 0.6) is 0 Å². The minimum absolute atomic E-state index is 0.0810. The molecule has 0 aliphatic carbocycles. The fourth-order valence-electron chi connectivity index (χ4n) is 1.65. The second kappa shape index (κ2) is 5.30. The summed E-state index contributed by atoms with van der Waals surface area (Å²) in [5.74, 6) is 0. The molecule has 1 aliphatic rings. The third-order valence-corrected chi connectivity index (χ3v) is 2.41. The largest absolute Gasteiger partial charge is 0.396 e. The van der Waals surface area contributed by atoms with E-state index < -0.39 is 5.60 Å². The molecule has 1 saturated heterocycles. The SMILES string of the molecule is CC1CC(C#N)(OCCCO)CCO1. The van der Waals surface area contributed by atoms with E-state index in [9.17, 15) is 0 Å². The number of hydrogen-bond acceptors (Lipinski definition) is 4. The van der Waals surface area contributed by atoms with Gasteiger partial charge in [-0.3, -0.25) is 0 Å². The normalized spacial score (nSPS) is 32.5. The molecule has 1 aliphatic heterocycles. The standard InChI is InChI=1S/C10H17NO3/c1-9-7-10(8-11,3-6-13-9)14-5-2-4-12/h9,12H,2-7H2,1H3. The maximum atomic E-state index is 9.07. The second-order valence-electron chi connectivity index (χ2n) is 3.67. The van der Waals surface area contributed by atoms with Gasteiger partial charge in [0.2, 0.25) is 0 Å². The minimum atomic E-state index is -0.688. The van der Waals surface area contributed by atoms with Crippen LogP contribution in [0.4, 0.5) is 0 Å². The van der Waals surface area contributed by atoms with Crippen LogP contribution in [-0.4, -0.2) is 36.6 Å². The highest BCUT2D eigenvalue weighted by atomic mass is 16.5. The van der Waals surface area contributed by atoms with Crippen molar-refractivity contribution in [2.75, 3.05) is 19.8 Å².